The molecule has 0 aromatic rings. The van der Waals surface area contributed by atoms with Gasteiger partial charge >= 0.3 is 0 Å². The predicted molar refractivity (Wildman–Crippen MR) is 34.0 cm³/mol. The molecule has 1 aliphatic rings. The van der Waals surface area contributed by atoms with Gasteiger partial charge in [-0.05, 0) is 6.42 Å². The Bertz CT molecular complexity index is 87.7. The van der Waals surface area contributed by atoms with Crippen LogP contribution in [0.2, 0.25) is 0 Å². The van der Waals surface area contributed by atoms with Crippen molar-refractivity contribution in [2.45, 2.75) is 19.1 Å². The van der Waals surface area contributed by atoms with Gasteiger partial charge in [0.15, 0.2) is 5.79 Å². The quantitative estimate of drug-likeness (QED) is 0.783. The second-order valence-corrected chi connectivity index (χ2v) is 2.17. The first-order chi connectivity index (χ1) is 4.33. The molecule has 10 heavy (non-hydrogen) atoms. The molecule has 1 heterocycles. The van der Waals surface area contributed by atoms with E-state index in [1.807, 2.05) is 6.92 Å². The Morgan fingerprint density at radius 1 is 1.40 bits per heavy atom. The minimum atomic E-state index is -0.444. The zero-order chi connectivity index (χ0) is 6.74. The van der Waals surface area contributed by atoms with Crippen LogP contribution in [0, 0.1) is 0 Å². The molecule has 4 heteroatoms. The summed E-state index contributed by atoms with van der Waals surface area (Å²) in [5, 5.41) is 0. The van der Waals surface area contributed by atoms with E-state index >= 15 is 0 Å². The molecule has 0 amide bonds. The van der Waals surface area contributed by atoms with E-state index in [1.54, 1.807) is 0 Å². The molecule has 64 valence electrons. The maximum absolute atomic E-state index is 5.43. The maximum Gasteiger partial charge on any atom is 0.180 e. The van der Waals surface area contributed by atoms with Crippen molar-refractivity contribution >= 4 is 0 Å². The van der Waals surface area contributed by atoms with Crippen LogP contribution >= 0.6 is 0 Å². The summed E-state index contributed by atoms with van der Waals surface area (Å²) in [6, 6.07) is 0. The van der Waals surface area contributed by atoms with Crippen LogP contribution in [0.15, 0.2) is 0 Å². The molecular formula is C6H13NO2Pt. The van der Waals surface area contributed by atoms with E-state index in [-0.39, 0.29) is 21.1 Å². The predicted octanol–water partition coefficient (Wildman–Crippen LogP) is 0.0957. The van der Waals surface area contributed by atoms with Crippen molar-refractivity contribution < 1.29 is 30.5 Å². The van der Waals surface area contributed by atoms with Gasteiger partial charge in [0.05, 0.1) is 13.2 Å². The molecule has 2 N–H and O–H groups in total. The van der Waals surface area contributed by atoms with E-state index in [0.717, 1.165) is 6.42 Å². The fraction of sp³-hybridized carbons (Fsp3) is 1.00. The Kier molecular flexibility index (Phi) is 4.70. The summed E-state index contributed by atoms with van der Waals surface area (Å²) in [5.74, 6) is -0.444. The van der Waals surface area contributed by atoms with Crippen molar-refractivity contribution in [2.75, 3.05) is 19.8 Å². The summed E-state index contributed by atoms with van der Waals surface area (Å²) in [7, 11) is 0. The molecule has 1 rings (SSSR count). The number of nitrogens with two attached hydrogens (primary N) is 1. The Morgan fingerprint density at radius 3 is 2.10 bits per heavy atom. The molecule has 3 nitrogen and oxygen atoms in total. The van der Waals surface area contributed by atoms with Crippen LogP contribution in [0.5, 0.6) is 0 Å². The first-order valence-corrected chi connectivity index (χ1v) is 3.31. The fourth-order valence-electron chi connectivity index (χ4n) is 0.963. The molecule has 0 aromatic carbocycles. The largest absolute Gasteiger partial charge is 0.346 e. The minimum Gasteiger partial charge on any atom is -0.346 e. The Morgan fingerprint density at radius 2 is 1.90 bits per heavy atom. The Labute approximate surface area is 75.5 Å². The van der Waals surface area contributed by atoms with Crippen molar-refractivity contribution in [3.8, 4) is 0 Å². The number of hydrogen-bond acceptors (Lipinski definition) is 3. The van der Waals surface area contributed by atoms with Crippen LogP contribution in [-0.4, -0.2) is 25.5 Å². The summed E-state index contributed by atoms with van der Waals surface area (Å²) in [6.45, 7) is 3.85. The van der Waals surface area contributed by atoms with E-state index in [1.165, 1.54) is 0 Å². The fourth-order valence-corrected chi connectivity index (χ4v) is 0.963. The van der Waals surface area contributed by atoms with Crippen LogP contribution in [0.3, 0.4) is 0 Å². The monoisotopic (exact) mass is 326 g/mol. The van der Waals surface area contributed by atoms with Gasteiger partial charge in [-0.3, -0.25) is 0 Å². The third kappa shape index (κ3) is 2.02. The smallest absolute Gasteiger partial charge is 0.180 e. The van der Waals surface area contributed by atoms with E-state index in [2.05, 4.69) is 0 Å². The molecule has 1 aliphatic heterocycles. The molecular weight excluding hydrogens is 313 g/mol. The second-order valence-electron chi connectivity index (χ2n) is 2.17. The molecule has 0 aromatic heterocycles. The Hall–Kier alpha value is 0.568. The van der Waals surface area contributed by atoms with E-state index in [0.29, 0.717) is 19.8 Å². The molecule has 0 spiro atoms. The van der Waals surface area contributed by atoms with Gasteiger partial charge in [0.2, 0.25) is 0 Å². The Balaban J connectivity index is 0.000000810. The molecule has 0 atom stereocenters. The average molecular weight is 326 g/mol. The first-order valence-electron chi connectivity index (χ1n) is 3.31. The molecule has 0 bridgehead atoms. The minimum absolute atomic E-state index is 0. The zero-order valence-corrected chi connectivity index (χ0v) is 8.31. The third-order valence-corrected chi connectivity index (χ3v) is 1.66. The van der Waals surface area contributed by atoms with Gasteiger partial charge in [-0.15, -0.1) is 0 Å². The summed E-state index contributed by atoms with van der Waals surface area (Å²) >= 11 is 0. The third-order valence-electron chi connectivity index (χ3n) is 1.66. The maximum atomic E-state index is 5.43. The average Bonchev–Trinajstić information content (AvgIpc) is 2.36. The summed E-state index contributed by atoms with van der Waals surface area (Å²) < 4.78 is 10.6. The van der Waals surface area contributed by atoms with Crippen LogP contribution in [0.25, 0.3) is 0 Å². The van der Waals surface area contributed by atoms with Crippen molar-refractivity contribution in [1.82, 2.24) is 0 Å². The standard InChI is InChI=1S/C6H13NO2.Pt/c1-2-6(5-7)8-3-4-9-6;/h2-5,7H2,1H3;. The zero-order valence-electron chi connectivity index (χ0n) is 6.04. The summed E-state index contributed by atoms with van der Waals surface area (Å²) in [5.41, 5.74) is 5.43. The topological polar surface area (TPSA) is 44.5 Å². The molecule has 0 radical (unpaired) electrons. The summed E-state index contributed by atoms with van der Waals surface area (Å²) in [4.78, 5) is 0. The van der Waals surface area contributed by atoms with Crippen LogP contribution in [-0.2, 0) is 30.5 Å². The van der Waals surface area contributed by atoms with Crippen molar-refractivity contribution in [3.05, 3.63) is 0 Å². The molecule has 0 aliphatic carbocycles. The van der Waals surface area contributed by atoms with Gasteiger partial charge in [0.25, 0.3) is 0 Å². The molecule has 1 saturated heterocycles. The molecule has 0 saturated carbocycles. The number of rotatable bonds is 2. The van der Waals surface area contributed by atoms with Crippen molar-refractivity contribution in [1.29, 1.82) is 0 Å². The SMILES string of the molecule is CCC1(CN)OCCO1.[Pt]. The van der Waals surface area contributed by atoms with Gasteiger partial charge in [0, 0.05) is 27.6 Å². The second kappa shape index (κ2) is 4.45. The van der Waals surface area contributed by atoms with Gasteiger partial charge in [-0.25, -0.2) is 0 Å². The van der Waals surface area contributed by atoms with Crippen LogP contribution < -0.4 is 5.73 Å². The van der Waals surface area contributed by atoms with Crippen molar-refractivity contribution in [2.24, 2.45) is 5.73 Å². The van der Waals surface area contributed by atoms with Crippen LogP contribution in [0.1, 0.15) is 13.3 Å². The van der Waals surface area contributed by atoms with Crippen LogP contribution in [0.4, 0.5) is 0 Å². The van der Waals surface area contributed by atoms with Gasteiger partial charge in [-0.1, -0.05) is 6.92 Å². The first kappa shape index (κ1) is 10.6. The van der Waals surface area contributed by atoms with Gasteiger partial charge < -0.3 is 15.2 Å². The summed E-state index contributed by atoms with van der Waals surface area (Å²) in [6.07, 6.45) is 0.837. The number of hydrogen-bond donors (Lipinski definition) is 1. The molecule has 1 fully saturated rings. The van der Waals surface area contributed by atoms with E-state index < -0.39 is 5.79 Å². The molecule has 0 unspecified atom stereocenters. The number of ether oxygens (including phenoxy) is 2. The van der Waals surface area contributed by atoms with Crippen molar-refractivity contribution in [3.63, 3.8) is 0 Å². The van der Waals surface area contributed by atoms with E-state index in [4.69, 9.17) is 15.2 Å². The van der Waals surface area contributed by atoms with Gasteiger partial charge in [0.1, 0.15) is 0 Å². The normalized spacial score (nSPS) is 22.2. The van der Waals surface area contributed by atoms with Gasteiger partial charge in [-0.2, -0.15) is 0 Å². The van der Waals surface area contributed by atoms with E-state index in [9.17, 15) is 0 Å².